The normalized spacial score (nSPS) is 26.4. The van der Waals surface area contributed by atoms with Crippen LogP contribution in [0.15, 0.2) is 36.5 Å². The van der Waals surface area contributed by atoms with Crippen LogP contribution in [0, 0.1) is 5.92 Å². The van der Waals surface area contributed by atoms with Gasteiger partial charge in [-0.05, 0) is 24.3 Å². The van der Waals surface area contributed by atoms with E-state index in [9.17, 15) is 8.42 Å². The highest BCUT2D eigenvalue weighted by Gasteiger charge is 2.47. The molecule has 6 nitrogen and oxygen atoms in total. The first-order valence-electron chi connectivity index (χ1n) is 9.66. The fourth-order valence-corrected chi connectivity index (χ4v) is 6.29. The minimum atomic E-state index is -3.17. The van der Waals surface area contributed by atoms with Crippen molar-refractivity contribution in [2.24, 2.45) is 5.92 Å². The number of sulfone groups is 1. The summed E-state index contributed by atoms with van der Waals surface area (Å²) in [5.41, 5.74) is 2.91. The molecule has 1 aromatic heterocycles. The summed E-state index contributed by atoms with van der Waals surface area (Å²) in [6, 6.07) is 10.2. The van der Waals surface area contributed by atoms with Crippen LogP contribution in [-0.2, 0) is 22.1 Å². The van der Waals surface area contributed by atoms with Crippen molar-refractivity contribution in [2.45, 2.75) is 36.3 Å². The molecular formula is C20H24N4O2S. The van der Waals surface area contributed by atoms with Crippen molar-refractivity contribution >= 4 is 15.8 Å². The minimum absolute atomic E-state index is 0.0611. The summed E-state index contributed by atoms with van der Waals surface area (Å²) >= 11 is 0. The van der Waals surface area contributed by atoms with Crippen molar-refractivity contribution < 1.29 is 8.42 Å². The third-order valence-electron chi connectivity index (χ3n) is 5.90. The van der Waals surface area contributed by atoms with Crippen molar-refractivity contribution in [3.63, 3.8) is 0 Å². The smallest absolute Gasteiger partial charge is 0.222 e. The van der Waals surface area contributed by atoms with Gasteiger partial charge in [0.25, 0.3) is 0 Å². The number of nitrogens with one attached hydrogen (secondary N) is 1. The van der Waals surface area contributed by atoms with E-state index in [0.717, 1.165) is 36.8 Å². The lowest BCUT2D eigenvalue weighted by molar-refractivity contribution is 0.326. The highest BCUT2D eigenvalue weighted by Crippen LogP contribution is 2.40. The molecule has 1 aromatic carbocycles. The molecule has 1 saturated heterocycles. The van der Waals surface area contributed by atoms with Crippen molar-refractivity contribution in [3.8, 4) is 0 Å². The predicted molar refractivity (Wildman–Crippen MR) is 104 cm³/mol. The first-order chi connectivity index (χ1) is 13.1. The molecule has 0 bridgehead atoms. The van der Waals surface area contributed by atoms with Crippen LogP contribution in [-0.4, -0.2) is 48.2 Å². The maximum absolute atomic E-state index is 12.8. The molecule has 2 aromatic rings. The fraction of sp³-hybridized carbons (Fsp3) is 0.500. The van der Waals surface area contributed by atoms with Gasteiger partial charge in [-0.25, -0.2) is 18.4 Å². The maximum Gasteiger partial charge on any atom is 0.222 e. The number of hydrogen-bond acceptors (Lipinski definition) is 6. The Morgan fingerprint density at radius 1 is 1.15 bits per heavy atom. The van der Waals surface area contributed by atoms with E-state index in [1.54, 1.807) is 6.20 Å². The van der Waals surface area contributed by atoms with E-state index in [4.69, 9.17) is 4.98 Å². The second kappa shape index (κ2) is 6.56. The second-order valence-electron chi connectivity index (χ2n) is 8.06. The molecule has 0 spiro atoms. The van der Waals surface area contributed by atoms with Crippen LogP contribution >= 0.6 is 0 Å². The first-order valence-corrected chi connectivity index (χ1v) is 11.4. The molecule has 2 aliphatic heterocycles. The molecule has 3 aliphatic rings. The molecule has 27 heavy (non-hydrogen) atoms. The van der Waals surface area contributed by atoms with Crippen molar-refractivity contribution in [1.29, 1.82) is 0 Å². The Hall–Kier alpha value is -1.99. The highest BCUT2D eigenvalue weighted by molar-refractivity contribution is 7.91. The highest BCUT2D eigenvalue weighted by atomic mass is 32.2. The summed E-state index contributed by atoms with van der Waals surface area (Å²) in [5.74, 6) is 1.38. The predicted octanol–water partition coefficient (Wildman–Crippen LogP) is 2.19. The molecule has 1 aliphatic carbocycles. The molecule has 0 radical (unpaired) electrons. The fourth-order valence-electron chi connectivity index (χ4n) is 4.27. The van der Waals surface area contributed by atoms with E-state index in [-0.39, 0.29) is 16.9 Å². The van der Waals surface area contributed by atoms with Crippen molar-refractivity contribution in [2.75, 3.05) is 25.0 Å². The number of hydrogen-bond donors (Lipinski definition) is 1. The van der Waals surface area contributed by atoms with Crippen molar-refractivity contribution in [1.82, 2.24) is 14.9 Å². The zero-order valence-electron chi connectivity index (χ0n) is 15.2. The van der Waals surface area contributed by atoms with Gasteiger partial charge in [0, 0.05) is 43.9 Å². The summed E-state index contributed by atoms with van der Waals surface area (Å²) in [5, 5.41) is 2.96. The summed E-state index contributed by atoms with van der Waals surface area (Å²) in [7, 11) is -3.17. The van der Waals surface area contributed by atoms with E-state index in [0.29, 0.717) is 12.5 Å². The molecule has 2 atom stereocenters. The molecule has 0 amide bonds. The molecular weight excluding hydrogens is 360 g/mol. The standard InChI is InChI=1S/C20H24N4O2S/c25-27(26)13-16-9-22-20(21-8-14-6-7-14)23-19(16)17-11-24(12-18(17)27)10-15-4-2-1-3-5-15/h1-5,9,14,17-18H,6-8,10-13H2,(H,21,22,23)/t17-,18+/m0/s1. The lowest BCUT2D eigenvalue weighted by atomic mass is 10.00. The van der Waals surface area contributed by atoms with E-state index >= 15 is 0 Å². The lowest BCUT2D eigenvalue weighted by Crippen LogP contribution is -2.35. The Balaban J connectivity index is 1.40. The van der Waals surface area contributed by atoms with Gasteiger partial charge >= 0.3 is 0 Å². The third kappa shape index (κ3) is 3.46. The van der Waals surface area contributed by atoms with Gasteiger partial charge in [0.15, 0.2) is 9.84 Å². The van der Waals surface area contributed by atoms with Gasteiger partial charge in [-0.15, -0.1) is 0 Å². The Bertz CT molecular complexity index is 944. The summed E-state index contributed by atoms with van der Waals surface area (Å²) in [6.45, 7) is 2.99. The van der Waals surface area contributed by atoms with E-state index in [1.807, 2.05) is 18.2 Å². The Morgan fingerprint density at radius 2 is 1.96 bits per heavy atom. The van der Waals surface area contributed by atoms with Gasteiger partial charge in [0.2, 0.25) is 5.95 Å². The maximum atomic E-state index is 12.8. The number of aromatic nitrogens is 2. The lowest BCUT2D eigenvalue weighted by Gasteiger charge is -2.26. The minimum Gasteiger partial charge on any atom is -0.354 e. The van der Waals surface area contributed by atoms with Crippen molar-refractivity contribution in [3.05, 3.63) is 53.3 Å². The summed E-state index contributed by atoms with van der Waals surface area (Å²) in [6.07, 6.45) is 4.26. The van der Waals surface area contributed by atoms with Crippen LogP contribution in [0.2, 0.25) is 0 Å². The van der Waals surface area contributed by atoms with Gasteiger partial charge in [-0.3, -0.25) is 4.90 Å². The number of likely N-dealkylation sites (tertiary alicyclic amines) is 1. The molecule has 142 valence electrons. The number of fused-ring (bicyclic) bond motifs is 3. The quantitative estimate of drug-likeness (QED) is 0.852. The third-order valence-corrected chi connectivity index (χ3v) is 8.02. The van der Waals surface area contributed by atoms with Gasteiger partial charge < -0.3 is 5.32 Å². The second-order valence-corrected chi connectivity index (χ2v) is 10.3. The van der Waals surface area contributed by atoms with Gasteiger partial charge in [-0.2, -0.15) is 0 Å². The Kier molecular flexibility index (Phi) is 4.16. The average Bonchev–Trinajstić information content (AvgIpc) is 3.39. The van der Waals surface area contributed by atoms with Crippen LogP contribution in [0.3, 0.4) is 0 Å². The van der Waals surface area contributed by atoms with E-state index < -0.39 is 9.84 Å². The van der Waals surface area contributed by atoms with Crippen LogP contribution in [0.25, 0.3) is 0 Å². The number of anilines is 1. The zero-order valence-corrected chi connectivity index (χ0v) is 16.0. The number of nitrogens with zero attached hydrogens (tertiary/aromatic N) is 3. The van der Waals surface area contributed by atoms with Crippen LogP contribution in [0.1, 0.15) is 35.6 Å². The first kappa shape index (κ1) is 17.1. The Morgan fingerprint density at radius 3 is 2.74 bits per heavy atom. The Labute approximate surface area is 159 Å². The molecule has 3 heterocycles. The number of benzene rings is 1. The molecule has 2 fully saturated rings. The SMILES string of the molecule is O=S1(=O)Cc2cnc(NCC3CC3)nc2[C@H]2CN(Cc3ccccc3)C[C@H]21. The van der Waals surface area contributed by atoms with Crippen LogP contribution in [0.4, 0.5) is 5.95 Å². The largest absolute Gasteiger partial charge is 0.354 e. The molecule has 1 N–H and O–H groups in total. The molecule has 5 rings (SSSR count). The molecule has 0 unspecified atom stereocenters. The summed E-state index contributed by atoms with van der Waals surface area (Å²) in [4.78, 5) is 11.4. The van der Waals surface area contributed by atoms with Crippen LogP contribution in [0.5, 0.6) is 0 Å². The average molecular weight is 385 g/mol. The molecule has 7 heteroatoms. The zero-order chi connectivity index (χ0) is 18.4. The summed E-state index contributed by atoms with van der Waals surface area (Å²) < 4.78 is 25.7. The van der Waals surface area contributed by atoms with E-state index in [1.165, 1.54) is 18.4 Å². The van der Waals surface area contributed by atoms with E-state index in [2.05, 4.69) is 27.3 Å². The van der Waals surface area contributed by atoms with Gasteiger partial charge in [0.1, 0.15) is 0 Å². The topological polar surface area (TPSA) is 75.2 Å². The van der Waals surface area contributed by atoms with Gasteiger partial charge in [0.05, 0.1) is 16.7 Å². The van der Waals surface area contributed by atoms with Gasteiger partial charge in [-0.1, -0.05) is 30.3 Å². The van der Waals surface area contributed by atoms with Crippen LogP contribution < -0.4 is 5.32 Å². The number of rotatable bonds is 5. The molecule has 1 saturated carbocycles. The monoisotopic (exact) mass is 384 g/mol.